The first-order valence-electron chi connectivity index (χ1n) is 10.1. The molecule has 2 aliphatic heterocycles. The van der Waals surface area contributed by atoms with Crippen LogP contribution in [0.3, 0.4) is 0 Å². The van der Waals surface area contributed by atoms with Crippen molar-refractivity contribution in [1.82, 2.24) is 4.90 Å². The van der Waals surface area contributed by atoms with Crippen LogP contribution in [0.4, 0.5) is 15.8 Å². The van der Waals surface area contributed by atoms with Gasteiger partial charge in [0.05, 0.1) is 31.4 Å². The van der Waals surface area contributed by atoms with E-state index >= 15 is 0 Å². The van der Waals surface area contributed by atoms with Gasteiger partial charge in [-0.05, 0) is 63.2 Å². The molecule has 0 radical (unpaired) electrons. The van der Waals surface area contributed by atoms with Gasteiger partial charge >= 0.3 is 0 Å². The number of ether oxygens (including phenoxy) is 2. The molecular weight excluding hydrogens is 451 g/mol. The summed E-state index contributed by atoms with van der Waals surface area (Å²) in [5.74, 6) is 1.55. The van der Waals surface area contributed by atoms with Gasteiger partial charge in [0.1, 0.15) is 12.0 Å². The Morgan fingerprint density at radius 3 is 2.77 bits per heavy atom. The summed E-state index contributed by atoms with van der Waals surface area (Å²) in [6.07, 6.45) is 3.46. The molecule has 0 amide bonds. The summed E-state index contributed by atoms with van der Waals surface area (Å²) in [6.45, 7) is 2.88. The lowest BCUT2D eigenvalue weighted by molar-refractivity contribution is 0.157. The predicted molar refractivity (Wildman–Crippen MR) is 121 cm³/mol. The van der Waals surface area contributed by atoms with Gasteiger partial charge in [0, 0.05) is 16.1 Å². The van der Waals surface area contributed by atoms with Crippen molar-refractivity contribution in [3.05, 3.63) is 46.2 Å². The Labute approximate surface area is 184 Å². The maximum Gasteiger partial charge on any atom is 0.163 e. The fourth-order valence-corrected chi connectivity index (χ4v) is 4.10. The van der Waals surface area contributed by atoms with Crippen LogP contribution in [-0.2, 0) is 0 Å². The number of fused-ring (bicyclic) bond motifs is 1. The zero-order valence-corrected chi connectivity index (χ0v) is 18.7. The lowest BCUT2D eigenvalue weighted by Crippen LogP contribution is -2.32. The Kier molecular flexibility index (Phi) is 6.43. The van der Waals surface area contributed by atoms with Crippen LogP contribution >= 0.6 is 15.9 Å². The highest BCUT2D eigenvalue weighted by Gasteiger charge is 2.23. The normalized spacial score (nSPS) is 19.1. The largest absolute Gasteiger partial charge is 0.493 e. The number of hydrogen-bond donors (Lipinski definition) is 2. The van der Waals surface area contributed by atoms with Gasteiger partial charge < -0.3 is 25.0 Å². The molecule has 0 aromatic heterocycles. The summed E-state index contributed by atoms with van der Waals surface area (Å²) < 4.78 is 26.7. The van der Waals surface area contributed by atoms with Crippen LogP contribution in [0.15, 0.2) is 39.8 Å². The molecular formula is C22H26BrFN4O2. The third-order valence-corrected chi connectivity index (χ3v) is 6.10. The first kappa shape index (κ1) is 20.9. The van der Waals surface area contributed by atoms with Gasteiger partial charge in [0.2, 0.25) is 0 Å². The second kappa shape index (κ2) is 9.22. The van der Waals surface area contributed by atoms with Gasteiger partial charge in [-0.3, -0.25) is 0 Å². The number of likely N-dealkylation sites (tertiary alicyclic amines) is 1. The van der Waals surface area contributed by atoms with Gasteiger partial charge in [-0.1, -0.05) is 15.9 Å². The molecule has 6 nitrogen and oxygen atoms in total. The molecule has 0 aliphatic carbocycles. The van der Waals surface area contributed by atoms with Crippen LogP contribution in [0.1, 0.15) is 24.6 Å². The summed E-state index contributed by atoms with van der Waals surface area (Å²) >= 11 is 3.28. The number of hydrogen-bond acceptors (Lipinski definition) is 6. The van der Waals surface area contributed by atoms with Crippen LogP contribution in [0.5, 0.6) is 11.5 Å². The molecule has 2 aliphatic rings. The van der Waals surface area contributed by atoms with E-state index in [4.69, 9.17) is 9.47 Å². The average molecular weight is 477 g/mol. The fourth-order valence-electron chi connectivity index (χ4n) is 3.77. The lowest BCUT2D eigenvalue weighted by atomic mass is 9.98. The van der Waals surface area contributed by atoms with E-state index in [0.29, 0.717) is 34.2 Å². The molecule has 4 rings (SSSR count). The number of anilines is 2. The van der Waals surface area contributed by atoms with Crippen molar-refractivity contribution in [1.29, 1.82) is 0 Å². The van der Waals surface area contributed by atoms with Crippen molar-refractivity contribution >= 4 is 33.6 Å². The zero-order chi connectivity index (χ0) is 21.1. The Hall–Kier alpha value is -2.32. The Bertz CT molecular complexity index is 932. The quantitative estimate of drug-likeness (QED) is 0.621. The molecule has 1 atom stereocenters. The molecule has 1 fully saturated rings. The third kappa shape index (κ3) is 4.70. The Morgan fingerprint density at radius 2 is 2.03 bits per heavy atom. The SMILES string of the molecule is COc1cc2c(cc1OCC1CCN(C)CC1)NC=N[C@H]2Nc1ccc(Br)cc1F. The van der Waals surface area contributed by atoms with Gasteiger partial charge in [0.25, 0.3) is 0 Å². The minimum Gasteiger partial charge on any atom is -0.493 e. The molecule has 1 saturated heterocycles. The van der Waals surface area contributed by atoms with Crippen molar-refractivity contribution in [3.8, 4) is 11.5 Å². The molecule has 2 aromatic rings. The minimum atomic E-state index is -0.436. The average Bonchev–Trinajstić information content (AvgIpc) is 2.75. The molecule has 30 heavy (non-hydrogen) atoms. The molecule has 0 bridgehead atoms. The highest BCUT2D eigenvalue weighted by molar-refractivity contribution is 9.10. The van der Waals surface area contributed by atoms with Crippen molar-refractivity contribution in [2.24, 2.45) is 10.9 Å². The van der Waals surface area contributed by atoms with Gasteiger partial charge in [-0.15, -0.1) is 0 Å². The number of nitrogens with one attached hydrogen (secondary N) is 2. The van der Waals surface area contributed by atoms with Gasteiger partial charge in [-0.25, -0.2) is 9.38 Å². The number of methoxy groups -OCH3 is 1. The van der Waals surface area contributed by atoms with Crippen LogP contribution in [0.2, 0.25) is 0 Å². The van der Waals surface area contributed by atoms with E-state index in [1.807, 2.05) is 12.1 Å². The summed E-state index contributed by atoms with van der Waals surface area (Å²) in [6, 6.07) is 8.73. The van der Waals surface area contributed by atoms with Crippen LogP contribution in [0.25, 0.3) is 0 Å². The number of nitrogens with zero attached hydrogens (tertiary/aromatic N) is 2. The monoisotopic (exact) mass is 476 g/mol. The van der Waals surface area contributed by atoms with Crippen molar-refractivity contribution in [2.75, 3.05) is 44.5 Å². The number of rotatable bonds is 6. The van der Waals surface area contributed by atoms with Gasteiger partial charge in [0.15, 0.2) is 11.5 Å². The standard InChI is InChI=1S/C22H26BrFN4O2/c1-28-7-5-14(6-8-28)12-30-21-11-19-16(10-20(21)29-2)22(26-13-25-19)27-18-4-3-15(23)9-17(18)24/h3-4,9-11,13-14,22,27H,5-8,12H2,1-2H3,(H,25,26)/t22-/m0/s1. The molecule has 2 heterocycles. The topological polar surface area (TPSA) is 58.1 Å². The van der Waals surface area contributed by atoms with E-state index in [9.17, 15) is 4.39 Å². The number of benzene rings is 2. The molecule has 0 spiro atoms. The maximum absolute atomic E-state index is 14.3. The van der Waals surface area contributed by atoms with E-state index < -0.39 is 6.17 Å². The Balaban J connectivity index is 1.51. The Morgan fingerprint density at radius 1 is 1.23 bits per heavy atom. The number of aliphatic imine (C=N–C) groups is 1. The molecule has 2 aromatic carbocycles. The third-order valence-electron chi connectivity index (χ3n) is 5.61. The van der Waals surface area contributed by atoms with Gasteiger partial charge in [-0.2, -0.15) is 0 Å². The maximum atomic E-state index is 14.3. The molecule has 160 valence electrons. The predicted octanol–water partition coefficient (Wildman–Crippen LogP) is 4.88. The summed E-state index contributed by atoms with van der Waals surface area (Å²) in [4.78, 5) is 6.78. The van der Waals surface area contributed by atoms with Crippen LogP contribution in [0, 0.1) is 11.7 Å². The van der Waals surface area contributed by atoms with E-state index in [2.05, 4.69) is 43.5 Å². The smallest absolute Gasteiger partial charge is 0.163 e. The minimum absolute atomic E-state index is 0.343. The van der Waals surface area contributed by atoms with Crippen molar-refractivity contribution in [3.63, 3.8) is 0 Å². The zero-order valence-electron chi connectivity index (χ0n) is 17.1. The van der Waals surface area contributed by atoms with E-state index in [0.717, 1.165) is 37.2 Å². The van der Waals surface area contributed by atoms with Crippen LogP contribution < -0.4 is 20.1 Å². The summed E-state index contributed by atoms with van der Waals surface area (Å²) in [7, 11) is 3.78. The molecule has 0 unspecified atom stereocenters. The van der Waals surface area contributed by atoms with Crippen LogP contribution in [-0.4, -0.2) is 45.1 Å². The second-order valence-corrected chi connectivity index (χ2v) is 8.66. The number of piperidine rings is 1. The highest BCUT2D eigenvalue weighted by Crippen LogP contribution is 2.39. The highest BCUT2D eigenvalue weighted by atomic mass is 79.9. The summed E-state index contributed by atoms with van der Waals surface area (Å²) in [5.41, 5.74) is 2.11. The van der Waals surface area contributed by atoms with Crippen molar-refractivity contribution in [2.45, 2.75) is 19.0 Å². The molecule has 2 N–H and O–H groups in total. The molecule has 0 saturated carbocycles. The first-order chi connectivity index (χ1) is 14.5. The first-order valence-corrected chi connectivity index (χ1v) is 10.9. The van der Waals surface area contributed by atoms with Crippen molar-refractivity contribution < 1.29 is 13.9 Å². The molecule has 8 heteroatoms. The van der Waals surface area contributed by atoms with E-state index in [1.54, 1.807) is 25.6 Å². The van der Waals surface area contributed by atoms with E-state index in [1.165, 1.54) is 6.07 Å². The number of halogens is 2. The fraction of sp³-hybridized carbons (Fsp3) is 0.409. The summed E-state index contributed by atoms with van der Waals surface area (Å²) in [5, 5.41) is 6.32. The lowest BCUT2D eigenvalue weighted by Gasteiger charge is -2.29. The van der Waals surface area contributed by atoms with E-state index in [-0.39, 0.29) is 5.82 Å². The second-order valence-electron chi connectivity index (χ2n) is 7.74.